The SMILES string of the molecule is COc1ccc(C(C)NS(=O)(=O)c2ccc(Br)cc2OC(F)(F)F)cc1. The predicted molar refractivity (Wildman–Crippen MR) is 92.6 cm³/mol. The summed E-state index contributed by atoms with van der Waals surface area (Å²) in [5, 5.41) is 0. The van der Waals surface area contributed by atoms with E-state index in [0.717, 1.165) is 12.1 Å². The minimum absolute atomic E-state index is 0.249. The van der Waals surface area contributed by atoms with Crippen LogP contribution in [0.1, 0.15) is 18.5 Å². The standard InChI is InChI=1S/C16H15BrF3NO4S/c1-10(11-3-6-13(24-2)7-4-11)21-26(22,23)15-8-5-12(17)9-14(15)25-16(18,19)20/h3-10,21H,1-2H3. The van der Waals surface area contributed by atoms with Crippen LogP contribution in [0.4, 0.5) is 13.2 Å². The molecule has 0 heterocycles. The maximum atomic E-state index is 12.6. The highest BCUT2D eigenvalue weighted by Crippen LogP contribution is 2.33. The van der Waals surface area contributed by atoms with Gasteiger partial charge in [-0.05, 0) is 42.8 Å². The van der Waals surface area contributed by atoms with E-state index in [1.54, 1.807) is 31.2 Å². The second-order valence-corrected chi connectivity index (χ2v) is 7.85. The van der Waals surface area contributed by atoms with E-state index in [9.17, 15) is 21.6 Å². The van der Waals surface area contributed by atoms with Crippen LogP contribution >= 0.6 is 15.9 Å². The normalized spacial score (nSPS) is 13.3. The second kappa shape index (κ2) is 7.85. The minimum atomic E-state index is -5.02. The summed E-state index contributed by atoms with van der Waals surface area (Å²) < 4.78 is 74.3. The molecule has 10 heteroatoms. The molecular weight excluding hydrogens is 439 g/mol. The van der Waals surface area contributed by atoms with Crippen LogP contribution in [0, 0.1) is 0 Å². The summed E-state index contributed by atoms with van der Waals surface area (Å²) in [4.78, 5) is -0.613. The van der Waals surface area contributed by atoms with E-state index < -0.39 is 33.1 Å². The molecule has 2 rings (SSSR count). The van der Waals surface area contributed by atoms with E-state index in [-0.39, 0.29) is 4.47 Å². The molecule has 0 saturated heterocycles. The van der Waals surface area contributed by atoms with Crippen molar-refractivity contribution in [3.05, 3.63) is 52.5 Å². The monoisotopic (exact) mass is 453 g/mol. The highest BCUT2D eigenvalue weighted by molar-refractivity contribution is 9.10. The Balaban J connectivity index is 2.31. The number of sulfonamides is 1. The number of nitrogens with one attached hydrogen (secondary N) is 1. The Morgan fingerprint density at radius 1 is 1.12 bits per heavy atom. The summed E-state index contributed by atoms with van der Waals surface area (Å²) in [5.74, 6) is -0.223. The van der Waals surface area contributed by atoms with Gasteiger partial charge >= 0.3 is 6.36 Å². The zero-order valence-corrected chi connectivity index (χ0v) is 16.1. The van der Waals surface area contributed by atoms with Crippen molar-refractivity contribution >= 4 is 26.0 Å². The lowest BCUT2D eigenvalue weighted by molar-refractivity contribution is -0.275. The largest absolute Gasteiger partial charge is 0.573 e. The Bertz CT molecular complexity index is 870. The quantitative estimate of drug-likeness (QED) is 0.703. The van der Waals surface area contributed by atoms with Gasteiger partial charge in [-0.1, -0.05) is 28.1 Å². The molecule has 2 aromatic rings. The van der Waals surface area contributed by atoms with Gasteiger partial charge in [0, 0.05) is 10.5 Å². The molecule has 1 N–H and O–H groups in total. The van der Waals surface area contributed by atoms with E-state index in [4.69, 9.17) is 4.74 Å². The summed E-state index contributed by atoms with van der Waals surface area (Å²) in [6, 6.07) is 9.22. The highest BCUT2D eigenvalue weighted by atomic mass is 79.9. The Morgan fingerprint density at radius 2 is 1.73 bits per heavy atom. The third-order valence-electron chi connectivity index (χ3n) is 3.37. The van der Waals surface area contributed by atoms with Gasteiger partial charge in [-0.3, -0.25) is 0 Å². The lowest BCUT2D eigenvalue weighted by atomic mass is 10.1. The van der Waals surface area contributed by atoms with Gasteiger partial charge in [-0.2, -0.15) is 0 Å². The molecule has 0 aliphatic carbocycles. The fraction of sp³-hybridized carbons (Fsp3) is 0.250. The first kappa shape index (κ1) is 20.5. The van der Waals surface area contributed by atoms with Crippen molar-refractivity contribution in [1.82, 2.24) is 4.72 Å². The average molecular weight is 454 g/mol. The van der Waals surface area contributed by atoms with E-state index in [1.807, 2.05) is 0 Å². The molecule has 2 aromatic carbocycles. The third-order valence-corrected chi connectivity index (χ3v) is 5.44. The molecular formula is C16H15BrF3NO4S. The Hall–Kier alpha value is -1.78. The van der Waals surface area contributed by atoms with Crippen molar-refractivity contribution < 1.29 is 31.1 Å². The van der Waals surface area contributed by atoms with Crippen LogP contribution in [0.2, 0.25) is 0 Å². The van der Waals surface area contributed by atoms with Gasteiger partial charge in [0.25, 0.3) is 0 Å². The topological polar surface area (TPSA) is 64.6 Å². The smallest absolute Gasteiger partial charge is 0.497 e. The highest BCUT2D eigenvalue weighted by Gasteiger charge is 2.34. The van der Waals surface area contributed by atoms with Crippen molar-refractivity contribution in [2.45, 2.75) is 24.2 Å². The maximum absolute atomic E-state index is 12.6. The molecule has 1 unspecified atom stereocenters. The van der Waals surface area contributed by atoms with Crippen molar-refractivity contribution in [2.75, 3.05) is 7.11 Å². The van der Waals surface area contributed by atoms with Gasteiger partial charge in [0.2, 0.25) is 10.0 Å². The number of halogens is 4. The van der Waals surface area contributed by atoms with E-state index in [2.05, 4.69) is 25.4 Å². The van der Waals surface area contributed by atoms with Gasteiger partial charge in [0.15, 0.2) is 5.75 Å². The first-order valence-electron chi connectivity index (χ1n) is 7.23. The van der Waals surface area contributed by atoms with Crippen LogP contribution in [-0.2, 0) is 10.0 Å². The zero-order valence-electron chi connectivity index (χ0n) is 13.7. The molecule has 0 fully saturated rings. The Morgan fingerprint density at radius 3 is 2.27 bits per heavy atom. The van der Waals surface area contributed by atoms with Crippen LogP contribution < -0.4 is 14.2 Å². The van der Waals surface area contributed by atoms with E-state index >= 15 is 0 Å². The first-order chi connectivity index (χ1) is 12.0. The molecule has 1 atom stereocenters. The molecule has 0 spiro atoms. The number of rotatable bonds is 6. The van der Waals surface area contributed by atoms with Crippen LogP contribution in [0.15, 0.2) is 51.8 Å². The van der Waals surface area contributed by atoms with E-state index in [1.165, 1.54) is 13.2 Å². The van der Waals surface area contributed by atoms with Gasteiger partial charge in [0.05, 0.1) is 7.11 Å². The molecule has 0 bridgehead atoms. The number of hydrogen-bond donors (Lipinski definition) is 1. The Labute approximate surface area is 157 Å². The fourth-order valence-electron chi connectivity index (χ4n) is 2.17. The number of alkyl halides is 3. The van der Waals surface area contributed by atoms with Crippen molar-refractivity contribution in [3.8, 4) is 11.5 Å². The molecule has 0 aromatic heterocycles. The van der Waals surface area contributed by atoms with Gasteiger partial charge in [-0.15, -0.1) is 13.2 Å². The minimum Gasteiger partial charge on any atom is -0.497 e. The summed E-state index contributed by atoms with van der Waals surface area (Å²) in [6.45, 7) is 1.57. The summed E-state index contributed by atoms with van der Waals surface area (Å²) in [7, 11) is -2.77. The summed E-state index contributed by atoms with van der Waals surface area (Å²) in [6.07, 6.45) is -5.02. The van der Waals surface area contributed by atoms with Gasteiger partial charge in [0.1, 0.15) is 10.6 Å². The molecule has 0 saturated carbocycles. The summed E-state index contributed by atoms with van der Waals surface area (Å²) >= 11 is 3.00. The van der Waals surface area contributed by atoms with Gasteiger partial charge in [-0.25, -0.2) is 13.1 Å². The molecule has 0 aliphatic heterocycles. The van der Waals surface area contributed by atoms with E-state index in [0.29, 0.717) is 11.3 Å². The lowest BCUT2D eigenvalue weighted by Crippen LogP contribution is -2.28. The fourth-order valence-corrected chi connectivity index (χ4v) is 3.85. The average Bonchev–Trinajstić information content (AvgIpc) is 2.52. The number of methoxy groups -OCH3 is 1. The number of hydrogen-bond acceptors (Lipinski definition) is 4. The predicted octanol–water partition coefficient (Wildman–Crippen LogP) is 4.40. The molecule has 26 heavy (non-hydrogen) atoms. The second-order valence-electron chi connectivity index (χ2n) is 5.25. The third kappa shape index (κ3) is 5.36. The zero-order chi connectivity index (χ0) is 19.5. The molecule has 5 nitrogen and oxygen atoms in total. The van der Waals surface area contributed by atoms with Crippen molar-refractivity contribution in [2.24, 2.45) is 0 Å². The first-order valence-corrected chi connectivity index (χ1v) is 9.51. The maximum Gasteiger partial charge on any atom is 0.573 e. The van der Waals surface area contributed by atoms with Crippen LogP contribution in [0.3, 0.4) is 0 Å². The molecule has 142 valence electrons. The van der Waals surface area contributed by atoms with Crippen LogP contribution in [0.5, 0.6) is 11.5 Å². The number of ether oxygens (including phenoxy) is 2. The lowest BCUT2D eigenvalue weighted by Gasteiger charge is -2.18. The molecule has 0 radical (unpaired) electrons. The number of benzene rings is 2. The van der Waals surface area contributed by atoms with Crippen LogP contribution in [-0.4, -0.2) is 21.9 Å². The van der Waals surface area contributed by atoms with Crippen molar-refractivity contribution in [1.29, 1.82) is 0 Å². The Kier molecular flexibility index (Phi) is 6.20. The van der Waals surface area contributed by atoms with Gasteiger partial charge < -0.3 is 9.47 Å². The van der Waals surface area contributed by atoms with Crippen molar-refractivity contribution in [3.63, 3.8) is 0 Å². The summed E-state index contributed by atoms with van der Waals surface area (Å²) in [5.41, 5.74) is 0.616. The van der Waals surface area contributed by atoms with Crippen LogP contribution in [0.25, 0.3) is 0 Å². The molecule has 0 aliphatic rings. The molecule has 0 amide bonds.